The van der Waals surface area contributed by atoms with Gasteiger partial charge in [0.1, 0.15) is 17.3 Å². The average molecular weight is 441 g/mol. The summed E-state index contributed by atoms with van der Waals surface area (Å²) in [7, 11) is 1.50. The first-order chi connectivity index (χ1) is 15.2. The van der Waals surface area contributed by atoms with Gasteiger partial charge in [0.2, 0.25) is 0 Å². The predicted molar refractivity (Wildman–Crippen MR) is 119 cm³/mol. The third kappa shape index (κ3) is 4.83. The van der Waals surface area contributed by atoms with Crippen molar-refractivity contribution >= 4 is 17.4 Å². The third-order valence-electron chi connectivity index (χ3n) is 5.28. The minimum absolute atomic E-state index is 0.0343. The van der Waals surface area contributed by atoms with Crippen LogP contribution in [-0.4, -0.2) is 48.6 Å². The monoisotopic (exact) mass is 441 g/mol. The summed E-state index contributed by atoms with van der Waals surface area (Å²) in [4.78, 5) is 27.0. The molecule has 1 heterocycles. The van der Waals surface area contributed by atoms with Crippen molar-refractivity contribution in [2.45, 2.75) is 26.8 Å². The summed E-state index contributed by atoms with van der Waals surface area (Å²) in [5, 5.41) is 11.1. The van der Waals surface area contributed by atoms with E-state index in [0.717, 1.165) is 5.56 Å². The molecule has 1 aliphatic heterocycles. The van der Waals surface area contributed by atoms with Crippen LogP contribution in [0.25, 0.3) is 5.76 Å². The molecule has 0 unspecified atom stereocenters. The maximum Gasteiger partial charge on any atom is 0.295 e. The van der Waals surface area contributed by atoms with E-state index in [9.17, 15) is 19.1 Å². The lowest BCUT2D eigenvalue weighted by Crippen LogP contribution is -2.32. The number of carbonyl (C=O) groups is 2. The lowest BCUT2D eigenvalue weighted by atomic mass is 9.94. The number of ether oxygens (including phenoxy) is 2. The van der Waals surface area contributed by atoms with Gasteiger partial charge in [0.05, 0.1) is 24.8 Å². The van der Waals surface area contributed by atoms with Gasteiger partial charge >= 0.3 is 0 Å². The highest BCUT2D eigenvalue weighted by molar-refractivity contribution is 6.46. The van der Waals surface area contributed by atoms with Gasteiger partial charge in [-0.3, -0.25) is 9.59 Å². The van der Waals surface area contributed by atoms with E-state index in [1.54, 1.807) is 18.2 Å². The number of nitrogens with zero attached hydrogens (tertiary/aromatic N) is 1. The Hall–Kier alpha value is -3.19. The Morgan fingerprint density at radius 2 is 1.84 bits per heavy atom. The van der Waals surface area contributed by atoms with Crippen LogP contribution in [-0.2, 0) is 14.3 Å². The lowest BCUT2D eigenvalue weighted by molar-refractivity contribution is -0.140. The van der Waals surface area contributed by atoms with Gasteiger partial charge < -0.3 is 19.5 Å². The second kappa shape index (κ2) is 9.96. The molecular weight excluding hydrogens is 413 g/mol. The molecule has 3 rings (SSSR count). The van der Waals surface area contributed by atoms with Crippen LogP contribution in [0.5, 0.6) is 5.75 Å². The molecule has 2 aromatic carbocycles. The number of rotatable bonds is 8. The first-order valence-electron chi connectivity index (χ1n) is 10.5. The number of ketones is 1. The molecule has 7 heteroatoms. The van der Waals surface area contributed by atoms with Crippen molar-refractivity contribution in [3.8, 4) is 5.75 Å². The molecule has 0 aliphatic carbocycles. The number of aryl methyl sites for hydroxylation is 1. The molecule has 1 fully saturated rings. The number of carbonyl (C=O) groups excluding carboxylic acids is 2. The molecular formula is C25H28FNO5. The van der Waals surface area contributed by atoms with E-state index >= 15 is 0 Å². The Morgan fingerprint density at radius 3 is 2.44 bits per heavy atom. The highest BCUT2D eigenvalue weighted by atomic mass is 19.1. The van der Waals surface area contributed by atoms with Crippen molar-refractivity contribution in [3.05, 3.63) is 70.5 Å². The molecule has 0 radical (unpaired) electrons. The molecule has 170 valence electrons. The van der Waals surface area contributed by atoms with E-state index in [1.165, 1.54) is 36.3 Å². The van der Waals surface area contributed by atoms with Crippen LogP contribution >= 0.6 is 0 Å². The van der Waals surface area contributed by atoms with Crippen LogP contribution in [0.1, 0.15) is 36.6 Å². The standard InChI is InChI=1S/C25H28FNO5/c1-15(2)14-32-20-10-7-18(13-16(20)3)23(28)21-22(17-5-8-19(26)9-6-17)27(11-12-31-4)25(30)24(21)29/h5-10,13,15,22,28H,11-12,14H2,1-4H3/b23-21+/t22-/m0/s1. The van der Waals surface area contributed by atoms with Crippen molar-refractivity contribution < 1.29 is 28.6 Å². The molecule has 0 saturated carbocycles. The number of aliphatic hydroxyl groups is 1. The number of likely N-dealkylation sites (tertiary alicyclic amines) is 1. The van der Waals surface area contributed by atoms with Gasteiger partial charge in [-0.05, 0) is 54.3 Å². The van der Waals surface area contributed by atoms with Crippen molar-refractivity contribution in [2.24, 2.45) is 5.92 Å². The van der Waals surface area contributed by atoms with Gasteiger partial charge in [-0.1, -0.05) is 26.0 Å². The minimum Gasteiger partial charge on any atom is -0.507 e. The Labute approximate surface area is 187 Å². The van der Waals surface area contributed by atoms with Crippen LogP contribution in [0, 0.1) is 18.7 Å². The van der Waals surface area contributed by atoms with Gasteiger partial charge in [0.25, 0.3) is 11.7 Å². The Bertz CT molecular complexity index is 1030. The first-order valence-corrected chi connectivity index (χ1v) is 10.5. The number of amides is 1. The van der Waals surface area contributed by atoms with Crippen molar-refractivity contribution in [1.82, 2.24) is 4.90 Å². The number of hydrogen-bond donors (Lipinski definition) is 1. The second-order valence-electron chi connectivity index (χ2n) is 8.22. The van der Waals surface area contributed by atoms with E-state index in [0.29, 0.717) is 29.4 Å². The van der Waals surface area contributed by atoms with Crippen molar-refractivity contribution in [2.75, 3.05) is 26.9 Å². The van der Waals surface area contributed by atoms with Gasteiger partial charge in [0, 0.05) is 19.2 Å². The van der Waals surface area contributed by atoms with Crippen LogP contribution < -0.4 is 4.74 Å². The van der Waals surface area contributed by atoms with Crippen molar-refractivity contribution in [3.63, 3.8) is 0 Å². The molecule has 32 heavy (non-hydrogen) atoms. The zero-order valence-electron chi connectivity index (χ0n) is 18.7. The molecule has 1 aliphatic rings. The Balaban J connectivity index is 2.06. The summed E-state index contributed by atoms with van der Waals surface area (Å²) in [5.74, 6) is -1.18. The number of Topliss-reactive ketones (excluding diaryl/α,β-unsaturated/α-hetero) is 1. The zero-order valence-corrected chi connectivity index (χ0v) is 18.7. The van der Waals surface area contributed by atoms with E-state index < -0.39 is 23.5 Å². The van der Waals surface area contributed by atoms with Crippen molar-refractivity contribution in [1.29, 1.82) is 0 Å². The van der Waals surface area contributed by atoms with E-state index in [2.05, 4.69) is 0 Å². The maximum absolute atomic E-state index is 13.5. The minimum atomic E-state index is -0.845. The van der Waals surface area contributed by atoms with Gasteiger partial charge in [-0.15, -0.1) is 0 Å². The number of methoxy groups -OCH3 is 1. The quantitative estimate of drug-likeness (QED) is 0.377. The van der Waals surface area contributed by atoms with E-state index in [4.69, 9.17) is 9.47 Å². The summed E-state index contributed by atoms with van der Waals surface area (Å²) in [6.07, 6.45) is 0. The van der Waals surface area contributed by atoms with Crippen LogP contribution in [0.3, 0.4) is 0 Å². The average Bonchev–Trinajstić information content (AvgIpc) is 3.01. The fraction of sp³-hybridized carbons (Fsp3) is 0.360. The largest absolute Gasteiger partial charge is 0.507 e. The first kappa shape index (κ1) is 23.5. The van der Waals surface area contributed by atoms with Gasteiger partial charge in [-0.25, -0.2) is 4.39 Å². The fourth-order valence-corrected chi connectivity index (χ4v) is 3.66. The number of hydrogen-bond acceptors (Lipinski definition) is 5. The van der Waals surface area contributed by atoms with Crippen LogP contribution in [0.4, 0.5) is 4.39 Å². The van der Waals surface area contributed by atoms with Crippen LogP contribution in [0.15, 0.2) is 48.0 Å². The molecule has 6 nitrogen and oxygen atoms in total. The summed E-state index contributed by atoms with van der Waals surface area (Å²) in [6, 6.07) is 9.80. The third-order valence-corrected chi connectivity index (χ3v) is 5.28. The Morgan fingerprint density at radius 1 is 1.16 bits per heavy atom. The summed E-state index contributed by atoms with van der Waals surface area (Å²) in [6.45, 7) is 6.87. The molecule has 0 aromatic heterocycles. The smallest absolute Gasteiger partial charge is 0.295 e. The highest BCUT2D eigenvalue weighted by Gasteiger charge is 2.45. The lowest BCUT2D eigenvalue weighted by Gasteiger charge is -2.25. The topological polar surface area (TPSA) is 76.1 Å². The summed E-state index contributed by atoms with van der Waals surface area (Å²) >= 11 is 0. The number of benzene rings is 2. The maximum atomic E-state index is 13.5. The van der Waals surface area contributed by atoms with Crippen LogP contribution in [0.2, 0.25) is 0 Å². The normalized spacial score (nSPS) is 17.9. The fourth-order valence-electron chi connectivity index (χ4n) is 3.66. The molecule has 1 amide bonds. The second-order valence-corrected chi connectivity index (χ2v) is 8.22. The highest BCUT2D eigenvalue weighted by Crippen LogP contribution is 2.39. The Kier molecular flexibility index (Phi) is 7.30. The molecule has 2 aromatic rings. The molecule has 1 atom stereocenters. The van der Waals surface area contributed by atoms with E-state index in [-0.39, 0.29) is 24.5 Å². The summed E-state index contributed by atoms with van der Waals surface area (Å²) < 4.78 is 24.4. The SMILES string of the molecule is COCCN1C(=O)C(=O)/C(=C(/O)c2ccc(OCC(C)C)c(C)c2)[C@@H]1c1ccc(F)cc1. The predicted octanol–water partition coefficient (Wildman–Crippen LogP) is 4.24. The molecule has 0 spiro atoms. The molecule has 1 saturated heterocycles. The number of halogens is 1. The van der Waals surface area contributed by atoms with Gasteiger partial charge in [0.15, 0.2) is 0 Å². The number of aliphatic hydroxyl groups excluding tert-OH is 1. The molecule has 1 N–H and O–H groups in total. The molecule has 0 bridgehead atoms. The van der Waals surface area contributed by atoms with E-state index in [1.807, 2.05) is 20.8 Å². The zero-order chi connectivity index (χ0) is 23.4. The summed E-state index contributed by atoms with van der Waals surface area (Å²) in [5.41, 5.74) is 1.68. The van der Waals surface area contributed by atoms with Gasteiger partial charge in [-0.2, -0.15) is 0 Å².